The number of benzene rings is 1. The van der Waals surface area contributed by atoms with Gasteiger partial charge in [0, 0.05) is 44.9 Å². The van der Waals surface area contributed by atoms with Crippen LogP contribution in [0.15, 0.2) is 23.2 Å². The number of ether oxygens (including phenoxy) is 1. The van der Waals surface area contributed by atoms with Gasteiger partial charge in [0.05, 0.1) is 18.2 Å². The van der Waals surface area contributed by atoms with Crippen LogP contribution in [-0.4, -0.2) is 67.9 Å². The van der Waals surface area contributed by atoms with E-state index in [4.69, 9.17) is 4.74 Å². The van der Waals surface area contributed by atoms with Crippen LogP contribution in [-0.2, 0) is 10.2 Å². The van der Waals surface area contributed by atoms with Crippen LogP contribution in [0.3, 0.4) is 0 Å². The van der Waals surface area contributed by atoms with E-state index in [9.17, 15) is 14.9 Å². The second kappa shape index (κ2) is 7.57. The Labute approximate surface area is 173 Å². The number of carbonyl (C=O) groups is 2. The summed E-state index contributed by atoms with van der Waals surface area (Å²) >= 11 is 1.38. The number of nitrogens with one attached hydrogen (secondary N) is 2. The fourth-order valence-electron chi connectivity index (χ4n) is 4.18. The lowest BCUT2D eigenvalue weighted by Crippen LogP contribution is -2.45. The van der Waals surface area contributed by atoms with Gasteiger partial charge in [0.1, 0.15) is 5.44 Å². The standard InChI is InChI=1S/C19H22N6O3S/c1-21-17(26)24-6-5-19(10-24)11-25(14-4-3-12(8-20)7-13(14)19)18(27)23-16-22-9-15(28-2)29-16/h3-4,7,15H,5-6,9-11H2,1-2H3,(H,21,26)(H,22,23,27)/t15?,19-/m1/s1. The summed E-state index contributed by atoms with van der Waals surface area (Å²) < 4.78 is 5.26. The molecule has 2 N–H and O–H groups in total. The van der Waals surface area contributed by atoms with E-state index in [0.29, 0.717) is 36.9 Å². The molecule has 0 aliphatic carbocycles. The summed E-state index contributed by atoms with van der Waals surface area (Å²) in [6.45, 7) is 2.05. The molecule has 4 rings (SSSR count). The Bertz CT molecular complexity index is 929. The van der Waals surface area contributed by atoms with Crippen molar-refractivity contribution in [2.45, 2.75) is 17.3 Å². The van der Waals surface area contributed by atoms with Crippen molar-refractivity contribution in [3.8, 4) is 6.07 Å². The normalized spacial score (nSPS) is 25.0. The van der Waals surface area contributed by atoms with Crippen molar-refractivity contribution in [2.75, 3.05) is 45.2 Å². The van der Waals surface area contributed by atoms with Gasteiger partial charge in [-0.1, -0.05) is 11.8 Å². The van der Waals surface area contributed by atoms with Crippen molar-refractivity contribution in [3.05, 3.63) is 29.3 Å². The summed E-state index contributed by atoms with van der Waals surface area (Å²) in [5.41, 5.74) is 1.78. The van der Waals surface area contributed by atoms with Crippen LogP contribution in [0.5, 0.6) is 0 Å². The van der Waals surface area contributed by atoms with Gasteiger partial charge in [0.25, 0.3) is 0 Å². The quantitative estimate of drug-likeness (QED) is 0.723. The average Bonchev–Trinajstić information content (AvgIpc) is 3.45. The first-order valence-corrected chi connectivity index (χ1v) is 10.2. The van der Waals surface area contributed by atoms with Gasteiger partial charge >= 0.3 is 12.1 Å². The number of fused-ring (bicyclic) bond motifs is 2. The molecule has 3 heterocycles. The van der Waals surface area contributed by atoms with E-state index < -0.39 is 0 Å². The molecule has 2 atom stereocenters. The van der Waals surface area contributed by atoms with Gasteiger partial charge in [-0.2, -0.15) is 5.26 Å². The Morgan fingerprint density at radius 3 is 2.90 bits per heavy atom. The maximum atomic E-state index is 13.0. The summed E-state index contributed by atoms with van der Waals surface area (Å²) in [5.74, 6) is 0. The van der Waals surface area contributed by atoms with E-state index in [0.717, 1.165) is 17.7 Å². The predicted octanol–water partition coefficient (Wildman–Crippen LogP) is 1.45. The molecular weight excluding hydrogens is 392 g/mol. The third kappa shape index (κ3) is 3.41. The van der Waals surface area contributed by atoms with E-state index in [1.165, 1.54) is 11.8 Å². The van der Waals surface area contributed by atoms with Crippen LogP contribution in [0.1, 0.15) is 17.5 Å². The van der Waals surface area contributed by atoms with Gasteiger partial charge in [-0.15, -0.1) is 0 Å². The molecule has 1 spiro atoms. The Morgan fingerprint density at radius 2 is 2.21 bits per heavy atom. The molecule has 3 aliphatic rings. The minimum absolute atomic E-state index is 0.0864. The fourth-order valence-corrected chi connectivity index (χ4v) is 4.97. The van der Waals surface area contributed by atoms with Gasteiger partial charge in [-0.25, -0.2) is 9.59 Å². The molecule has 0 radical (unpaired) electrons. The van der Waals surface area contributed by atoms with Crippen molar-refractivity contribution in [1.29, 1.82) is 5.26 Å². The molecular formula is C19H22N6O3S. The third-order valence-corrected chi connectivity index (χ3v) is 6.71. The van der Waals surface area contributed by atoms with Crippen molar-refractivity contribution < 1.29 is 14.3 Å². The number of aliphatic imine (C=N–C) groups is 1. The number of urea groups is 2. The Morgan fingerprint density at radius 1 is 1.38 bits per heavy atom. The predicted molar refractivity (Wildman–Crippen MR) is 110 cm³/mol. The van der Waals surface area contributed by atoms with Crippen LogP contribution in [0.25, 0.3) is 0 Å². The van der Waals surface area contributed by atoms with Crippen LogP contribution in [0.2, 0.25) is 0 Å². The monoisotopic (exact) mass is 414 g/mol. The first-order valence-electron chi connectivity index (χ1n) is 9.33. The first kappa shape index (κ1) is 19.5. The SMILES string of the molecule is CNC(=O)N1CC[C@@]2(C1)CN(C(=O)NC1=NCC(OC)S1)c1ccc(C#N)cc12. The smallest absolute Gasteiger partial charge is 0.327 e. The largest absolute Gasteiger partial charge is 0.368 e. The average molecular weight is 414 g/mol. The number of anilines is 1. The van der Waals surface area contributed by atoms with Crippen molar-refractivity contribution in [3.63, 3.8) is 0 Å². The summed E-state index contributed by atoms with van der Waals surface area (Å²) in [7, 11) is 3.22. The van der Waals surface area contributed by atoms with Gasteiger partial charge in [0.2, 0.25) is 0 Å². The number of amidine groups is 1. The zero-order valence-electron chi connectivity index (χ0n) is 16.3. The van der Waals surface area contributed by atoms with Gasteiger partial charge in [-0.3, -0.25) is 15.2 Å². The van der Waals surface area contributed by atoms with Crippen LogP contribution < -0.4 is 15.5 Å². The minimum atomic E-state index is -0.383. The molecule has 0 bridgehead atoms. The second-order valence-corrected chi connectivity index (χ2v) is 8.44. The number of methoxy groups -OCH3 is 1. The molecule has 10 heteroatoms. The Balaban J connectivity index is 1.61. The highest BCUT2D eigenvalue weighted by Crippen LogP contribution is 2.46. The summed E-state index contributed by atoms with van der Waals surface area (Å²) in [4.78, 5) is 32.9. The maximum Gasteiger partial charge on any atom is 0.327 e. The van der Waals surface area contributed by atoms with Crippen LogP contribution in [0, 0.1) is 11.3 Å². The molecule has 1 saturated heterocycles. The molecule has 3 aliphatic heterocycles. The molecule has 4 amide bonds. The molecule has 0 saturated carbocycles. The molecule has 1 unspecified atom stereocenters. The fraction of sp³-hybridized carbons (Fsp3) is 0.474. The number of hydrogen-bond acceptors (Lipinski definition) is 6. The lowest BCUT2D eigenvalue weighted by atomic mass is 9.81. The van der Waals surface area contributed by atoms with Crippen molar-refractivity contribution in [1.82, 2.24) is 15.5 Å². The second-order valence-electron chi connectivity index (χ2n) is 7.30. The highest BCUT2D eigenvalue weighted by molar-refractivity contribution is 8.14. The number of nitriles is 1. The molecule has 1 aromatic carbocycles. The van der Waals surface area contributed by atoms with Gasteiger partial charge < -0.3 is 15.0 Å². The molecule has 1 aromatic rings. The number of thioether (sulfide) groups is 1. The molecule has 1 fully saturated rings. The highest BCUT2D eigenvalue weighted by atomic mass is 32.2. The Kier molecular flexibility index (Phi) is 5.10. The minimum Gasteiger partial charge on any atom is -0.368 e. The third-order valence-electron chi connectivity index (χ3n) is 5.65. The lowest BCUT2D eigenvalue weighted by Gasteiger charge is -2.25. The van der Waals surface area contributed by atoms with E-state index in [1.807, 2.05) is 12.1 Å². The number of carbonyl (C=O) groups excluding carboxylic acids is 2. The molecule has 152 valence electrons. The molecule has 9 nitrogen and oxygen atoms in total. The zero-order chi connectivity index (χ0) is 20.6. The maximum absolute atomic E-state index is 13.0. The van der Waals surface area contributed by atoms with Crippen LogP contribution in [0.4, 0.5) is 15.3 Å². The molecule has 0 aromatic heterocycles. The number of rotatable bonds is 1. The van der Waals surface area contributed by atoms with Gasteiger partial charge in [-0.05, 0) is 30.2 Å². The van der Waals surface area contributed by atoms with E-state index in [1.54, 1.807) is 30.0 Å². The van der Waals surface area contributed by atoms with Crippen LogP contribution >= 0.6 is 11.8 Å². The van der Waals surface area contributed by atoms with E-state index >= 15 is 0 Å². The van der Waals surface area contributed by atoms with E-state index in [2.05, 4.69) is 21.7 Å². The number of likely N-dealkylation sites (tertiary alicyclic amines) is 1. The summed E-state index contributed by atoms with van der Waals surface area (Å²) in [6.07, 6.45) is 0.730. The molecule has 29 heavy (non-hydrogen) atoms. The van der Waals surface area contributed by atoms with Crippen molar-refractivity contribution >= 4 is 34.7 Å². The van der Waals surface area contributed by atoms with E-state index in [-0.39, 0.29) is 22.9 Å². The number of hydrogen-bond donors (Lipinski definition) is 2. The number of nitrogens with zero attached hydrogens (tertiary/aromatic N) is 4. The Hall–Kier alpha value is -2.77. The van der Waals surface area contributed by atoms with Gasteiger partial charge in [0.15, 0.2) is 5.17 Å². The lowest BCUT2D eigenvalue weighted by molar-refractivity contribution is 0.182. The first-order chi connectivity index (χ1) is 14.0. The topological polar surface area (TPSA) is 110 Å². The van der Waals surface area contributed by atoms with Crippen molar-refractivity contribution in [2.24, 2.45) is 4.99 Å². The zero-order valence-corrected chi connectivity index (χ0v) is 17.1. The summed E-state index contributed by atoms with van der Waals surface area (Å²) in [5, 5.41) is 15.4. The number of amides is 4. The highest BCUT2D eigenvalue weighted by Gasteiger charge is 2.50. The summed E-state index contributed by atoms with van der Waals surface area (Å²) in [6, 6.07) is 7.14.